The lowest BCUT2D eigenvalue weighted by molar-refractivity contribution is 0.0949. The number of H-pyrrole nitrogens is 1. The van der Waals surface area contributed by atoms with E-state index in [9.17, 15) is 4.79 Å². The third kappa shape index (κ3) is 2.90. The summed E-state index contributed by atoms with van der Waals surface area (Å²) in [5, 5.41) is 11.2. The molecule has 1 aliphatic rings. The second-order valence-corrected chi connectivity index (χ2v) is 5.94. The zero-order valence-corrected chi connectivity index (χ0v) is 13.2. The predicted molar refractivity (Wildman–Crippen MR) is 84.4 cm³/mol. The number of amides is 1. The van der Waals surface area contributed by atoms with Gasteiger partial charge in [-0.25, -0.2) is 5.43 Å². The lowest BCUT2D eigenvalue weighted by Gasteiger charge is -2.02. The molecule has 0 radical (unpaired) electrons. The molecule has 3 rings (SSSR count). The van der Waals surface area contributed by atoms with Crippen molar-refractivity contribution in [2.75, 3.05) is 0 Å². The second-order valence-electron chi connectivity index (χ2n) is 5.03. The summed E-state index contributed by atoms with van der Waals surface area (Å²) in [5.74, 6) is -0.258. The molecule has 108 valence electrons. The van der Waals surface area contributed by atoms with E-state index in [-0.39, 0.29) is 5.91 Å². The maximum absolute atomic E-state index is 12.1. The number of carbonyl (C=O) groups excluding carboxylic acids is 1. The molecule has 0 fully saturated rings. The predicted octanol–water partition coefficient (Wildman–Crippen LogP) is 2.81. The summed E-state index contributed by atoms with van der Waals surface area (Å²) < 4.78 is 1.01. The Kier molecular flexibility index (Phi) is 3.88. The van der Waals surface area contributed by atoms with Gasteiger partial charge in [0.2, 0.25) is 0 Å². The minimum absolute atomic E-state index is 0.258. The van der Waals surface area contributed by atoms with E-state index >= 15 is 0 Å². The molecular formula is C15H15BrN4O. The summed E-state index contributed by atoms with van der Waals surface area (Å²) in [5.41, 5.74) is 6.88. The van der Waals surface area contributed by atoms with Gasteiger partial charge in [-0.2, -0.15) is 10.2 Å². The van der Waals surface area contributed by atoms with Crippen LogP contribution in [0.1, 0.15) is 40.7 Å². The van der Waals surface area contributed by atoms with Crippen LogP contribution < -0.4 is 5.43 Å². The van der Waals surface area contributed by atoms with Crippen molar-refractivity contribution in [1.29, 1.82) is 0 Å². The van der Waals surface area contributed by atoms with Crippen molar-refractivity contribution in [1.82, 2.24) is 15.6 Å². The van der Waals surface area contributed by atoms with E-state index in [0.29, 0.717) is 5.69 Å². The molecule has 21 heavy (non-hydrogen) atoms. The van der Waals surface area contributed by atoms with E-state index in [2.05, 4.69) is 36.7 Å². The molecule has 1 amide bonds. The number of aromatic nitrogens is 2. The maximum atomic E-state index is 12.1. The van der Waals surface area contributed by atoms with E-state index in [0.717, 1.165) is 46.3 Å². The Bertz CT molecular complexity index is 703. The molecular weight excluding hydrogens is 332 g/mol. The average molecular weight is 347 g/mol. The van der Waals surface area contributed by atoms with E-state index in [4.69, 9.17) is 0 Å². The van der Waals surface area contributed by atoms with Crippen LogP contribution in [0, 0.1) is 0 Å². The zero-order chi connectivity index (χ0) is 14.8. The Labute approximate surface area is 131 Å². The second kappa shape index (κ2) is 5.81. The molecule has 1 aromatic carbocycles. The fourth-order valence-electron chi connectivity index (χ4n) is 2.45. The molecule has 1 aromatic heterocycles. The number of carbonyl (C=O) groups is 1. The number of hydrogen-bond acceptors (Lipinski definition) is 3. The Morgan fingerprint density at radius 1 is 1.33 bits per heavy atom. The zero-order valence-electron chi connectivity index (χ0n) is 11.6. The topological polar surface area (TPSA) is 70.1 Å². The molecule has 2 aromatic rings. The summed E-state index contributed by atoms with van der Waals surface area (Å²) in [6.07, 6.45) is 2.95. The molecule has 0 atom stereocenters. The van der Waals surface area contributed by atoms with Gasteiger partial charge in [-0.1, -0.05) is 28.1 Å². The summed E-state index contributed by atoms with van der Waals surface area (Å²) in [6.45, 7) is 1.86. The Morgan fingerprint density at radius 2 is 2.10 bits per heavy atom. The summed E-state index contributed by atoms with van der Waals surface area (Å²) >= 11 is 3.39. The van der Waals surface area contributed by atoms with Crippen molar-refractivity contribution in [3.8, 4) is 0 Å². The third-order valence-corrected chi connectivity index (χ3v) is 4.14. The van der Waals surface area contributed by atoms with Crippen LogP contribution in [0.5, 0.6) is 0 Å². The van der Waals surface area contributed by atoms with Crippen LogP contribution in [0.15, 0.2) is 33.8 Å². The van der Waals surface area contributed by atoms with E-state index in [1.807, 2.05) is 31.2 Å². The van der Waals surface area contributed by atoms with Crippen LogP contribution in [0.25, 0.3) is 0 Å². The van der Waals surface area contributed by atoms with E-state index in [1.54, 1.807) is 0 Å². The molecule has 0 spiro atoms. The summed E-state index contributed by atoms with van der Waals surface area (Å²) in [6, 6.07) is 7.77. The van der Waals surface area contributed by atoms with Crippen LogP contribution in [0.2, 0.25) is 0 Å². The van der Waals surface area contributed by atoms with Crippen LogP contribution in [0.4, 0.5) is 0 Å². The summed E-state index contributed by atoms with van der Waals surface area (Å²) in [7, 11) is 0. The molecule has 2 N–H and O–H groups in total. The number of benzene rings is 1. The van der Waals surface area contributed by atoms with Gasteiger partial charge in [0.1, 0.15) is 0 Å². The van der Waals surface area contributed by atoms with Gasteiger partial charge in [0, 0.05) is 15.7 Å². The number of nitrogens with one attached hydrogen (secondary N) is 2. The molecule has 6 heteroatoms. The number of halogens is 1. The van der Waals surface area contributed by atoms with Crippen LogP contribution in [0.3, 0.4) is 0 Å². The third-order valence-electron chi connectivity index (χ3n) is 3.61. The average Bonchev–Trinajstić information content (AvgIpc) is 3.08. The van der Waals surface area contributed by atoms with Gasteiger partial charge in [-0.05, 0) is 43.9 Å². The Hall–Kier alpha value is -1.95. The molecule has 1 aliphatic carbocycles. The van der Waals surface area contributed by atoms with Gasteiger partial charge in [-0.3, -0.25) is 9.89 Å². The minimum atomic E-state index is -0.258. The maximum Gasteiger partial charge on any atom is 0.292 e. The molecule has 0 aliphatic heterocycles. The Balaban J connectivity index is 1.72. The van der Waals surface area contributed by atoms with Crippen LogP contribution >= 0.6 is 15.9 Å². The molecule has 1 heterocycles. The first kappa shape index (κ1) is 14.0. The first-order chi connectivity index (χ1) is 10.1. The highest BCUT2D eigenvalue weighted by molar-refractivity contribution is 9.10. The summed E-state index contributed by atoms with van der Waals surface area (Å²) in [4.78, 5) is 12.1. The highest BCUT2D eigenvalue weighted by Crippen LogP contribution is 2.22. The monoisotopic (exact) mass is 346 g/mol. The number of fused-ring (bicyclic) bond motifs is 1. The van der Waals surface area contributed by atoms with E-state index < -0.39 is 0 Å². The van der Waals surface area contributed by atoms with Crippen LogP contribution in [-0.4, -0.2) is 21.8 Å². The first-order valence-electron chi connectivity index (χ1n) is 6.82. The van der Waals surface area contributed by atoms with Crippen LogP contribution in [-0.2, 0) is 12.8 Å². The molecule has 0 saturated heterocycles. The number of aromatic amines is 1. The van der Waals surface area contributed by atoms with Crippen molar-refractivity contribution in [3.05, 3.63) is 51.3 Å². The van der Waals surface area contributed by atoms with Crippen molar-refractivity contribution >= 4 is 27.5 Å². The van der Waals surface area contributed by atoms with Crippen molar-refractivity contribution in [2.45, 2.75) is 26.2 Å². The standard InChI is InChI=1S/C15H15BrN4O/c1-9(10-5-7-11(16)8-6-10)17-20-15(21)14-12-3-2-4-13(12)18-19-14/h5-8H,2-4H2,1H3,(H,18,19)(H,20,21)/b17-9-. The fourth-order valence-corrected chi connectivity index (χ4v) is 2.71. The number of hydrazone groups is 1. The quantitative estimate of drug-likeness (QED) is 0.662. The number of rotatable bonds is 3. The van der Waals surface area contributed by atoms with E-state index in [1.165, 1.54) is 0 Å². The molecule has 0 saturated carbocycles. The van der Waals surface area contributed by atoms with Gasteiger partial charge in [0.15, 0.2) is 5.69 Å². The van der Waals surface area contributed by atoms with Gasteiger partial charge in [0.05, 0.1) is 5.71 Å². The normalized spacial score (nSPS) is 14.1. The minimum Gasteiger partial charge on any atom is -0.281 e. The lowest BCUT2D eigenvalue weighted by atomic mass is 10.1. The molecule has 5 nitrogen and oxygen atoms in total. The molecule has 0 unspecified atom stereocenters. The van der Waals surface area contributed by atoms with Gasteiger partial charge in [-0.15, -0.1) is 0 Å². The van der Waals surface area contributed by atoms with Gasteiger partial charge >= 0.3 is 0 Å². The number of nitrogens with zero attached hydrogens (tertiary/aromatic N) is 2. The van der Waals surface area contributed by atoms with Crippen molar-refractivity contribution in [2.24, 2.45) is 5.10 Å². The SMILES string of the molecule is C/C(=N/NC(=O)c1n[nH]c2c1CCC2)c1ccc(Br)cc1. The number of hydrogen-bond donors (Lipinski definition) is 2. The van der Waals surface area contributed by atoms with Crippen molar-refractivity contribution in [3.63, 3.8) is 0 Å². The largest absolute Gasteiger partial charge is 0.292 e. The Morgan fingerprint density at radius 3 is 2.86 bits per heavy atom. The lowest BCUT2D eigenvalue weighted by Crippen LogP contribution is -2.21. The first-order valence-corrected chi connectivity index (χ1v) is 7.61. The highest BCUT2D eigenvalue weighted by Gasteiger charge is 2.22. The number of aryl methyl sites for hydroxylation is 1. The fraction of sp³-hybridized carbons (Fsp3) is 0.267. The smallest absolute Gasteiger partial charge is 0.281 e. The highest BCUT2D eigenvalue weighted by atomic mass is 79.9. The van der Waals surface area contributed by atoms with Gasteiger partial charge in [0.25, 0.3) is 5.91 Å². The van der Waals surface area contributed by atoms with Gasteiger partial charge < -0.3 is 0 Å². The molecule has 0 bridgehead atoms. The van der Waals surface area contributed by atoms with Crippen molar-refractivity contribution < 1.29 is 4.79 Å².